The van der Waals surface area contributed by atoms with Crippen molar-refractivity contribution in [3.8, 4) is 5.75 Å². The van der Waals surface area contributed by atoms with Crippen molar-refractivity contribution in [3.05, 3.63) is 47.8 Å². The number of hydrogen-bond acceptors (Lipinski definition) is 3. The van der Waals surface area contributed by atoms with E-state index in [1.165, 1.54) is 25.1 Å². The van der Waals surface area contributed by atoms with Crippen molar-refractivity contribution in [1.82, 2.24) is 9.55 Å². The van der Waals surface area contributed by atoms with Crippen molar-refractivity contribution < 1.29 is 13.9 Å². The Labute approximate surface area is 110 Å². The van der Waals surface area contributed by atoms with E-state index in [0.29, 0.717) is 18.7 Å². The SMILES string of the molecule is CC(=O)c1ccc(F)cc1OCCn1ccnc1C. The first-order valence-corrected chi connectivity index (χ1v) is 5.99. The van der Waals surface area contributed by atoms with Crippen molar-refractivity contribution in [3.63, 3.8) is 0 Å². The average molecular weight is 262 g/mol. The molecule has 1 aromatic carbocycles. The van der Waals surface area contributed by atoms with Crippen LogP contribution in [0.2, 0.25) is 0 Å². The zero-order chi connectivity index (χ0) is 13.8. The van der Waals surface area contributed by atoms with Crippen LogP contribution >= 0.6 is 0 Å². The normalized spacial score (nSPS) is 10.5. The molecule has 0 saturated carbocycles. The number of aromatic nitrogens is 2. The Morgan fingerprint density at radius 2 is 2.26 bits per heavy atom. The van der Waals surface area contributed by atoms with Crippen LogP contribution in [0.15, 0.2) is 30.6 Å². The van der Waals surface area contributed by atoms with Crippen LogP contribution in [-0.4, -0.2) is 21.9 Å². The minimum Gasteiger partial charge on any atom is -0.491 e. The van der Waals surface area contributed by atoms with Gasteiger partial charge in [0.2, 0.25) is 0 Å². The Balaban J connectivity index is 2.05. The van der Waals surface area contributed by atoms with Gasteiger partial charge < -0.3 is 9.30 Å². The molecule has 0 saturated heterocycles. The van der Waals surface area contributed by atoms with Crippen molar-refractivity contribution in [1.29, 1.82) is 0 Å². The smallest absolute Gasteiger partial charge is 0.163 e. The molecule has 1 heterocycles. The molecule has 2 rings (SSSR count). The molecule has 1 aromatic heterocycles. The number of aryl methyl sites for hydroxylation is 1. The molecule has 0 aliphatic heterocycles. The van der Waals surface area contributed by atoms with Gasteiger partial charge in [0.05, 0.1) is 12.1 Å². The molecule has 5 heteroatoms. The maximum absolute atomic E-state index is 13.2. The van der Waals surface area contributed by atoms with Gasteiger partial charge in [-0.15, -0.1) is 0 Å². The highest BCUT2D eigenvalue weighted by Gasteiger charge is 2.09. The first-order valence-electron chi connectivity index (χ1n) is 5.99. The summed E-state index contributed by atoms with van der Waals surface area (Å²) in [5.41, 5.74) is 0.392. The zero-order valence-corrected chi connectivity index (χ0v) is 10.9. The topological polar surface area (TPSA) is 44.1 Å². The number of benzene rings is 1. The quantitative estimate of drug-likeness (QED) is 0.778. The van der Waals surface area contributed by atoms with E-state index >= 15 is 0 Å². The summed E-state index contributed by atoms with van der Waals surface area (Å²) in [6.07, 6.45) is 3.55. The summed E-state index contributed by atoms with van der Waals surface area (Å²) in [4.78, 5) is 15.5. The van der Waals surface area contributed by atoms with Crippen LogP contribution in [0.25, 0.3) is 0 Å². The highest BCUT2D eigenvalue weighted by Crippen LogP contribution is 2.20. The highest BCUT2D eigenvalue weighted by molar-refractivity contribution is 5.96. The molecule has 0 spiro atoms. The molecule has 0 N–H and O–H groups in total. The molecule has 0 aliphatic rings. The molecule has 0 atom stereocenters. The summed E-state index contributed by atoms with van der Waals surface area (Å²) in [5, 5.41) is 0. The second-order valence-electron chi connectivity index (χ2n) is 4.21. The van der Waals surface area contributed by atoms with Gasteiger partial charge in [-0.25, -0.2) is 9.37 Å². The third kappa shape index (κ3) is 3.19. The maximum Gasteiger partial charge on any atom is 0.163 e. The molecule has 4 nitrogen and oxygen atoms in total. The van der Waals surface area contributed by atoms with Crippen molar-refractivity contribution in [2.45, 2.75) is 20.4 Å². The average Bonchev–Trinajstić information content (AvgIpc) is 2.75. The lowest BCUT2D eigenvalue weighted by Crippen LogP contribution is -2.10. The number of halogens is 1. The van der Waals surface area contributed by atoms with E-state index in [1.54, 1.807) is 6.20 Å². The third-order valence-electron chi connectivity index (χ3n) is 2.84. The number of carbonyl (C=O) groups excluding carboxylic acids is 1. The summed E-state index contributed by atoms with van der Waals surface area (Å²) >= 11 is 0. The van der Waals surface area contributed by atoms with Crippen molar-refractivity contribution >= 4 is 5.78 Å². The van der Waals surface area contributed by atoms with E-state index in [9.17, 15) is 9.18 Å². The fourth-order valence-corrected chi connectivity index (χ4v) is 1.80. The van der Waals surface area contributed by atoms with Crippen molar-refractivity contribution in [2.75, 3.05) is 6.61 Å². The standard InChI is InChI=1S/C14H15FN2O2/c1-10(18)13-4-3-12(15)9-14(13)19-8-7-17-6-5-16-11(17)2/h3-6,9H,7-8H2,1-2H3. The molecular formula is C14H15FN2O2. The van der Waals surface area contributed by atoms with E-state index in [-0.39, 0.29) is 11.5 Å². The van der Waals surface area contributed by atoms with E-state index in [4.69, 9.17) is 4.74 Å². The lowest BCUT2D eigenvalue weighted by atomic mass is 10.1. The Kier molecular flexibility index (Phi) is 3.94. The minimum atomic E-state index is -0.418. The molecule has 0 fully saturated rings. The fourth-order valence-electron chi connectivity index (χ4n) is 1.80. The Morgan fingerprint density at radius 1 is 1.47 bits per heavy atom. The number of ether oxygens (including phenoxy) is 1. The maximum atomic E-state index is 13.2. The van der Waals surface area contributed by atoms with Crippen LogP contribution in [-0.2, 0) is 6.54 Å². The summed E-state index contributed by atoms with van der Waals surface area (Å²) < 4.78 is 20.6. The molecule has 2 aromatic rings. The van der Waals surface area contributed by atoms with Gasteiger partial charge in [0.15, 0.2) is 5.78 Å². The Morgan fingerprint density at radius 3 is 2.89 bits per heavy atom. The van der Waals surface area contributed by atoms with Crippen LogP contribution in [0.4, 0.5) is 4.39 Å². The predicted molar refractivity (Wildman–Crippen MR) is 68.9 cm³/mol. The molecule has 0 radical (unpaired) electrons. The molecule has 0 amide bonds. The van der Waals surface area contributed by atoms with Gasteiger partial charge in [0, 0.05) is 18.5 Å². The second kappa shape index (κ2) is 5.65. The molecule has 0 unspecified atom stereocenters. The largest absolute Gasteiger partial charge is 0.491 e. The first kappa shape index (κ1) is 13.3. The number of Topliss-reactive ketones (excluding diaryl/α,β-unsaturated/α-hetero) is 1. The fraction of sp³-hybridized carbons (Fsp3) is 0.286. The molecule has 0 aliphatic carbocycles. The van der Waals surface area contributed by atoms with E-state index in [2.05, 4.69) is 4.98 Å². The van der Waals surface area contributed by atoms with Crippen LogP contribution in [0.5, 0.6) is 5.75 Å². The summed E-state index contributed by atoms with van der Waals surface area (Å²) in [6.45, 7) is 4.27. The number of carbonyl (C=O) groups is 1. The zero-order valence-electron chi connectivity index (χ0n) is 10.9. The molecule has 100 valence electrons. The second-order valence-corrected chi connectivity index (χ2v) is 4.21. The molecular weight excluding hydrogens is 247 g/mol. The van der Waals surface area contributed by atoms with Gasteiger partial charge in [-0.3, -0.25) is 4.79 Å². The van der Waals surface area contributed by atoms with Gasteiger partial charge in [0.25, 0.3) is 0 Å². The molecule has 0 bridgehead atoms. The van der Waals surface area contributed by atoms with Gasteiger partial charge >= 0.3 is 0 Å². The highest BCUT2D eigenvalue weighted by atomic mass is 19.1. The lowest BCUT2D eigenvalue weighted by molar-refractivity contribution is 0.101. The van der Waals surface area contributed by atoms with E-state index in [0.717, 1.165) is 5.82 Å². The lowest BCUT2D eigenvalue weighted by Gasteiger charge is -2.11. The summed E-state index contributed by atoms with van der Waals surface area (Å²) in [6, 6.07) is 3.93. The van der Waals surface area contributed by atoms with Crippen LogP contribution in [0.1, 0.15) is 23.1 Å². The monoisotopic (exact) mass is 262 g/mol. The number of imidazole rings is 1. The minimum absolute atomic E-state index is 0.145. The number of ketones is 1. The van der Waals surface area contributed by atoms with Gasteiger partial charge in [0.1, 0.15) is 24.0 Å². The van der Waals surface area contributed by atoms with Crippen LogP contribution in [0.3, 0.4) is 0 Å². The third-order valence-corrected chi connectivity index (χ3v) is 2.84. The first-order chi connectivity index (χ1) is 9.08. The van der Waals surface area contributed by atoms with Crippen LogP contribution in [0, 0.1) is 12.7 Å². The van der Waals surface area contributed by atoms with E-state index in [1.807, 2.05) is 17.7 Å². The number of nitrogens with zero attached hydrogens (tertiary/aromatic N) is 2. The van der Waals surface area contributed by atoms with Crippen LogP contribution < -0.4 is 4.74 Å². The Hall–Kier alpha value is -2.17. The van der Waals surface area contributed by atoms with Gasteiger partial charge in [-0.1, -0.05) is 0 Å². The summed E-state index contributed by atoms with van der Waals surface area (Å²) in [7, 11) is 0. The number of rotatable bonds is 5. The Bertz CT molecular complexity index is 593. The van der Waals surface area contributed by atoms with Crippen molar-refractivity contribution in [2.24, 2.45) is 0 Å². The van der Waals surface area contributed by atoms with E-state index < -0.39 is 5.82 Å². The predicted octanol–water partition coefficient (Wildman–Crippen LogP) is 2.61. The molecule has 19 heavy (non-hydrogen) atoms. The van der Waals surface area contributed by atoms with Gasteiger partial charge in [-0.05, 0) is 26.0 Å². The summed E-state index contributed by atoms with van der Waals surface area (Å²) in [5.74, 6) is 0.604. The van der Waals surface area contributed by atoms with Gasteiger partial charge in [-0.2, -0.15) is 0 Å². The number of hydrogen-bond donors (Lipinski definition) is 0.